The normalized spacial score (nSPS) is 24.8. The molecule has 1 aromatic carbocycles. The minimum absolute atomic E-state index is 0.0428. The van der Waals surface area contributed by atoms with Crippen molar-refractivity contribution in [2.75, 3.05) is 18.1 Å². The molecule has 1 saturated carbocycles. The lowest BCUT2D eigenvalue weighted by Crippen LogP contribution is -2.32. The van der Waals surface area contributed by atoms with Crippen LogP contribution in [0, 0.1) is 0 Å². The number of pyridine rings is 1. The van der Waals surface area contributed by atoms with Crippen molar-refractivity contribution >= 4 is 49.4 Å². The third kappa shape index (κ3) is 3.55. The summed E-state index contributed by atoms with van der Waals surface area (Å²) in [5.74, 6) is 1.28. The molecule has 4 aromatic rings. The number of nitrogens with zero attached hydrogens (tertiary/aromatic N) is 4. The monoisotopic (exact) mass is 528 g/mol. The van der Waals surface area contributed by atoms with Crippen LogP contribution in [0.15, 0.2) is 41.3 Å². The number of fused-ring (bicyclic) bond motifs is 2. The average molecular weight is 529 g/mol. The van der Waals surface area contributed by atoms with E-state index in [-0.39, 0.29) is 12.4 Å². The van der Waals surface area contributed by atoms with E-state index in [1.54, 1.807) is 18.3 Å². The standard InChI is InChI=1S/C23H22BrFN6O3/c24-13-7-31(22-18(13)21(27)28-9-29-22)23-19(25)20(32)17(34-23)8-33-11-3-4-12-14(26)6-15(10-1-2-10)30-16(12)5-11/h3-7,9-10,17,19-20,23,32H,1-2,8H2,(H2,26,30)(H2,27,28,29)/t17-,19+,20-,23-/m1/s1. The molecule has 3 aromatic heterocycles. The lowest BCUT2D eigenvalue weighted by atomic mass is 10.1. The summed E-state index contributed by atoms with van der Waals surface area (Å²) in [6, 6.07) is 7.37. The number of nitrogens with two attached hydrogens (primary N) is 2. The van der Waals surface area contributed by atoms with Crippen molar-refractivity contribution in [3.05, 3.63) is 47.0 Å². The van der Waals surface area contributed by atoms with Gasteiger partial charge in [-0.25, -0.2) is 14.4 Å². The van der Waals surface area contributed by atoms with Crippen LogP contribution in [0.1, 0.15) is 30.7 Å². The molecule has 0 spiro atoms. The van der Waals surface area contributed by atoms with Gasteiger partial charge >= 0.3 is 0 Å². The van der Waals surface area contributed by atoms with E-state index < -0.39 is 24.6 Å². The second-order valence-corrected chi connectivity index (χ2v) is 9.60. The summed E-state index contributed by atoms with van der Waals surface area (Å²) in [5.41, 5.74) is 15.0. The molecule has 1 aliphatic heterocycles. The maximum absolute atomic E-state index is 15.1. The van der Waals surface area contributed by atoms with Crippen LogP contribution in [0.3, 0.4) is 0 Å². The molecule has 0 amide bonds. The zero-order chi connectivity index (χ0) is 23.6. The smallest absolute Gasteiger partial charge is 0.173 e. The highest BCUT2D eigenvalue weighted by Crippen LogP contribution is 2.41. The summed E-state index contributed by atoms with van der Waals surface area (Å²) in [6.07, 6.45) is 0.134. The Morgan fingerprint density at radius 3 is 2.85 bits per heavy atom. The Morgan fingerprint density at radius 1 is 1.24 bits per heavy atom. The number of anilines is 2. The number of rotatable bonds is 5. The topological polar surface area (TPSA) is 134 Å². The van der Waals surface area contributed by atoms with Crippen LogP contribution in [0.4, 0.5) is 15.9 Å². The van der Waals surface area contributed by atoms with Crippen molar-refractivity contribution in [3.63, 3.8) is 0 Å². The lowest BCUT2D eigenvalue weighted by molar-refractivity contribution is -0.0411. The lowest BCUT2D eigenvalue weighted by Gasteiger charge is -2.17. The highest BCUT2D eigenvalue weighted by molar-refractivity contribution is 9.10. The number of alkyl halides is 1. The highest BCUT2D eigenvalue weighted by Gasteiger charge is 2.46. The fourth-order valence-electron chi connectivity index (χ4n) is 4.43. The zero-order valence-electron chi connectivity index (χ0n) is 17.9. The molecule has 0 unspecified atom stereocenters. The van der Waals surface area contributed by atoms with Crippen molar-refractivity contribution in [3.8, 4) is 5.75 Å². The molecule has 2 aliphatic rings. The van der Waals surface area contributed by atoms with Gasteiger partial charge in [0.05, 0.1) is 10.9 Å². The number of halogens is 2. The SMILES string of the molecule is Nc1cc(C2CC2)nc2cc(OC[C@H]3O[C@@H](n4cc(Br)c5c(N)ncnc54)[C@@H](F)[C@@H]3O)ccc12. The van der Waals surface area contributed by atoms with E-state index in [9.17, 15) is 5.11 Å². The van der Waals surface area contributed by atoms with Crippen LogP contribution >= 0.6 is 15.9 Å². The number of ether oxygens (including phenoxy) is 2. The molecular formula is C23H22BrFN6O3. The fraction of sp³-hybridized carbons (Fsp3) is 0.348. The first-order chi connectivity index (χ1) is 16.4. The Morgan fingerprint density at radius 2 is 2.06 bits per heavy atom. The molecule has 34 heavy (non-hydrogen) atoms. The van der Waals surface area contributed by atoms with Crippen LogP contribution in [0.25, 0.3) is 21.9 Å². The molecule has 11 heteroatoms. The van der Waals surface area contributed by atoms with Gasteiger partial charge < -0.3 is 30.6 Å². The Labute approximate surface area is 202 Å². The summed E-state index contributed by atoms with van der Waals surface area (Å²) in [5, 5.41) is 11.9. The summed E-state index contributed by atoms with van der Waals surface area (Å²) >= 11 is 3.41. The van der Waals surface area contributed by atoms with Gasteiger partial charge in [-0.2, -0.15) is 0 Å². The summed E-state index contributed by atoms with van der Waals surface area (Å²) < 4.78 is 29.0. The van der Waals surface area contributed by atoms with Crippen LogP contribution in [-0.2, 0) is 4.74 Å². The number of benzene rings is 1. The van der Waals surface area contributed by atoms with E-state index in [2.05, 4.69) is 25.9 Å². The maximum atomic E-state index is 15.1. The van der Waals surface area contributed by atoms with E-state index in [0.717, 1.165) is 29.4 Å². The molecule has 6 rings (SSSR count). The quantitative estimate of drug-likeness (QED) is 0.358. The van der Waals surface area contributed by atoms with Crippen molar-refractivity contribution in [1.82, 2.24) is 19.5 Å². The van der Waals surface area contributed by atoms with Crippen LogP contribution < -0.4 is 16.2 Å². The molecule has 1 aliphatic carbocycles. The number of aliphatic hydroxyl groups excluding tert-OH is 1. The molecular weight excluding hydrogens is 507 g/mol. The first-order valence-corrected chi connectivity index (χ1v) is 11.8. The fourth-order valence-corrected chi connectivity index (χ4v) is 5.04. The number of aliphatic hydroxyl groups is 1. The maximum Gasteiger partial charge on any atom is 0.173 e. The van der Waals surface area contributed by atoms with Gasteiger partial charge in [0.15, 0.2) is 12.4 Å². The van der Waals surface area contributed by atoms with Gasteiger partial charge in [0.2, 0.25) is 0 Å². The molecule has 2 fully saturated rings. The van der Waals surface area contributed by atoms with Gasteiger partial charge in [-0.15, -0.1) is 0 Å². The Bertz CT molecular complexity index is 1410. The van der Waals surface area contributed by atoms with E-state index in [1.165, 1.54) is 10.9 Å². The molecule has 4 heterocycles. The number of nitrogen functional groups attached to an aromatic ring is 2. The van der Waals surface area contributed by atoms with Crippen LogP contribution in [-0.4, -0.2) is 49.6 Å². The van der Waals surface area contributed by atoms with Gasteiger partial charge in [-0.05, 0) is 47.0 Å². The summed E-state index contributed by atoms with van der Waals surface area (Å²) in [6.45, 7) is -0.0428. The van der Waals surface area contributed by atoms with E-state index in [1.807, 2.05) is 12.1 Å². The van der Waals surface area contributed by atoms with E-state index in [0.29, 0.717) is 32.9 Å². The first kappa shape index (κ1) is 21.5. The molecule has 9 nitrogen and oxygen atoms in total. The molecule has 0 bridgehead atoms. The zero-order valence-corrected chi connectivity index (χ0v) is 19.5. The molecule has 4 atom stereocenters. The van der Waals surface area contributed by atoms with E-state index in [4.69, 9.17) is 25.9 Å². The largest absolute Gasteiger partial charge is 0.491 e. The highest BCUT2D eigenvalue weighted by atomic mass is 79.9. The van der Waals surface area contributed by atoms with Gasteiger partial charge in [0.25, 0.3) is 0 Å². The molecule has 0 radical (unpaired) electrons. The van der Waals surface area contributed by atoms with Crippen LogP contribution in [0.2, 0.25) is 0 Å². The van der Waals surface area contributed by atoms with E-state index >= 15 is 4.39 Å². The molecule has 5 N–H and O–H groups in total. The Hall–Kier alpha value is -3.02. The van der Waals surface area contributed by atoms with Gasteiger partial charge in [-0.3, -0.25) is 4.98 Å². The minimum atomic E-state index is -1.69. The van der Waals surface area contributed by atoms with Gasteiger partial charge in [0.1, 0.15) is 42.4 Å². The van der Waals surface area contributed by atoms with Crippen LogP contribution in [0.5, 0.6) is 5.75 Å². The predicted octanol–water partition coefficient (Wildman–Crippen LogP) is 3.46. The number of hydrogen-bond acceptors (Lipinski definition) is 8. The second-order valence-electron chi connectivity index (χ2n) is 8.74. The minimum Gasteiger partial charge on any atom is -0.491 e. The van der Waals surface area contributed by atoms with Crippen molar-refractivity contribution < 1.29 is 19.0 Å². The third-order valence-electron chi connectivity index (χ3n) is 6.40. The van der Waals surface area contributed by atoms with Crippen molar-refractivity contribution in [2.45, 2.75) is 43.4 Å². The molecule has 176 valence electrons. The second kappa shape index (κ2) is 8.03. The first-order valence-electron chi connectivity index (χ1n) is 11.0. The Balaban J connectivity index is 1.22. The van der Waals surface area contributed by atoms with Crippen molar-refractivity contribution in [1.29, 1.82) is 0 Å². The van der Waals surface area contributed by atoms with Crippen molar-refractivity contribution in [2.24, 2.45) is 0 Å². The van der Waals surface area contributed by atoms with Gasteiger partial charge in [-0.1, -0.05) is 0 Å². The summed E-state index contributed by atoms with van der Waals surface area (Å²) in [7, 11) is 0. The third-order valence-corrected chi connectivity index (χ3v) is 7.00. The average Bonchev–Trinajstić information content (AvgIpc) is 3.57. The summed E-state index contributed by atoms with van der Waals surface area (Å²) in [4.78, 5) is 12.9. The number of aromatic nitrogens is 4. The predicted molar refractivity (Wildman–Crippen MR) is 128 cm³/mol. The Kier molecular flexibility index (Phi) is 5.08. The van der Waals surface area contributed by atoms with Gasteiger partial charge in [0, 0.05) is 39.4 Å². The molecule has 1 saturated heterocycles. The number of hydrogen-bond donors (Lipinski definition) is 3.